The van der Waals surface area contributed by atoms with E-state index in [1.807, 2.05) is 0 Å². The average molecular weight is 273 g/mol. The summed E-state index contributed by atoms with van der Waals surface area (Å²) < 4.78 is 39.0. The van der Waals surface area contributed by atoms with Crippen LogP contribution in [-0.4, -0.2) is 18.9 Å². The van der Waals surface area contributed by atoms with Gasteiger partial charge in [0.15, 0.2) is 11.5 Å². The molecule has 1 aromatic rings. The van der Waals surface area contributed by atoms with Crippen LogP contribution in [-0.2, 0) is 9.53 Å². The van der Waals surface area contributed by atoms with Gasteiger partial charge in [-0.1, -0.05) is 6.07 Å². The molecule has 1 heterocycles. The molecule has 5 nitrogen and oxygen atoms in total. The van der Waals surface area contributed by atoms with Crippen LogP contribution in [0.3, 0.4) is 0 Å². The van der Waals surface area contributed by atoms with Gasteiger partial charge in [-0.15, -0.1) is 8.78 Å². The van der Waals surface area contributed by atoms with Gasteiger partial charge in [0.1, 0.15) is 0 Å². The van der Waals surface area contributed by atoms with Gasteiger partial charge in [0.25, 0.3) is 0 Å². The highest BCUT2D eigenvalue weighted by Crippen LogP contribution is 2.42. The maximum atomic E-state index is 12.8. The fraction of sp³-hybridized carbons (Fsp3) is 0.417. The van der Waals surface area contributed by atoms with E-state index < -0.39 is 18.3 Å². The molecule has 1 atom stereocenters. The van der Waals surface area contributed by atoms with Crippen LogP contribution in [0.2, 0.25) is 0 Å². The minimum absolute atomic E-state index is 0.0378. The van der Waals surface area contributed by atoms with Gasteiger partial charge in [0.05, 0.1) is 13.0 Å². The molecule has 1 aliphatic heterocycles. The summed E-state index contributed by atoms with van der Waals surface area (Å²) in [5.41, 5.74) is 6.30. The Morgan fingerprint density at radius 3 is 2.79 bits per heavy atom. The number of fused-ring (bicyclic) bond motifs is 1. The van der Waals surface area contributed by atoms with Gasteiger partial charge in [0, 0.05) is 6.04 Å². The van der Waals surface area contributed by atoms with Crippen molar-refractivity contribution in [2.24, 2.45) is 5.73 Å². The SMILES string of the molecule is CCOC(=O)C[C@@H](N)c1ccc2c(c1)OC(F)(F)O2. The second-order valence-electron chi connectivity index (χ2n) is 3.99. The molecule has 19 heavy (non-hydrogen) atoms. The van der Waals surface area contributed by atoms with Crippen molar-refractivity contribution in [3.8, 4) is 11.5 Å². The Kier molecular flexibility index (Phi) is 3.57. The van der Waals surface area contributed by atoms with E-state index in [0.717, 1.165) is 0 Å². The second-order valence-corrected chi connectivity index (χ2v) is 3.99. The summed E-state index contributed by atoms with van der Waals surface area (Å²) in [7, 11) is 0. The Balaban J connectivity index is 2.09. The Hall–Kier alpha value is -1.89. The zero-order valence-corrected chi connectivity index (χ0v) is 10.2. The molecule has 0 saturated carbocycles. The molecule has 0 aromatic heterocycles. The number of ether oxygens (including phenoxy) is 3. The Bertz CT molecular complexity index is 493. The molecule has 0 spiro atoms. The lowest BCUT2D eigenvalue weighted by molar-refractivity contribution is -0.286. The number of nitrogens with two attached hydrogens (primary N) is 1. The largest absolute Gasteiger partial charge is 0.586 e. The van der Waals surface area contributed by atoms with Gasteiger partial charge in [-0.05, 0) is 24.6 Å². The number of carbonyl (C=O) groups excluding carboxylic acids is 1. The van der Waals surface area contributed by atoms with E-state index in [1.54, 1.807) is 6.92 Å². The molecule has 7 heteroatoms. The summed E-state index contributed by atoms with van der Waals surface area (Å²) in [6.45, 7) is 1.95. The van der Waals surface area contributed by atoms with Crippen molar-refractivity contribution in [1.29, 1.82) is 0 Å². The molecule has 0 aliphatic carbocycles. The van der Waals surface area contributed by atoms with Crippen LogP contribution < -0.4 is 15.2 Å². The lowest BCUT2D eigenvalue weighted by Crippen LogP contribution is -2.25. The third-order valence-electron chi connectivity index (χ3n) is 2.55. The zero-order chi connectivity index (χ0) is 14.0. The van der Waals surface area contributed by atoms with Gasteiger partial charge in [-0.2, -0.15) is 0 Å². The van der Waals surface area contributed by atoms with Crippen molar-refractivity contribution in [3.05, 3.63) is 23.8 Å². The maximum Gasteiger partial charge on any atom is 0.586 e. The number of halogens is 2. The minimum Gasteiger partial charge on any atom is -0.466 e. The molecule has 0 unspecified atom stereocenters. The van der Waals surface area contributed by atoms with Gasteiger partial charge in [0.2, 0.25) is 0 Å². The maximum absolute atomic E-state index is 12.8. The van der Waals surface area contributed by atoms with Crippen molar-refractivity contribution in [2.75, 3.05) is 6.61 Å². The number of hydrogen-bond donors (Lipinski definition) is 1. The van der Waals surface area contributed by atoms with Crippen LogP contribution in [0.4, 0.5) is 8.78 Å². The topological polar surface area (TPSA) is 70.8 Å². The first-order valence-electron chi connectivity index (χ1n) is 5.72. The van der Waals surface area contributed by atoms with E-state index in [9.17, 15) is 13.6 Å². The van der Waals surface area contributed by atoms with E-state index in [2.05, 4.69) is 9.47 Å². The first kappa shape index (κ1) is 13.5. The van der Waals surface area contributed by atoms with Gasteiger partial charge >= 0.3 is 12.3 Å². The second kappa shape index (κ2) is 5.00. The molecule has 2 N–H and O–H groups in total. The highest BCUT2D eigenvalue weighted by atomic mass is 19.3. The fourth-order valence-corrected chi connectivity index (χ4v) is 1.71. The molecule has 0 radical (unpaired) electrons. The van der Waals surface area contributed by atoms with E-state index in [1.165, 1.54) is 18.2 Å². The third kappa shape index (κ3) is 3.11. The fourth-order valence-electron chi connectivity index (χ4n) is 1.71. The molecule has 0 fully saturated rings. The van der Waals surface area contributed by atoms with Gasteiger partial charge in [-0.3, -0.25) is 4.79 Å². The van der Waals surface area contributed by atoms with Crippen LogP contribution >= 0.6 is 0 Å². The molecule has 104 valence electrons. The molecular weight excluding hydrogens is 260 g/mol. The summed E-state index contributed by atoms with van der Waals surface area (Å²) in [5.74, 6) is -0.600. The zero-order valence-electron chi connectivity index (χ0n) is 10.2. The molecule has 0 saturated heterocycles. The summed E-state index contributed by atoms with van der Waals surface area (Å²) in [4.78, 5) is 11.3. The summed E-state index contributed by atoms with van der Waals surface area (Å²) >= 11 is 0. The van der Waals surface area contributed by atoms with E-state index in [0.29, 0.717) is 5.56 Å². The van der Waals surface area contributed by atoms with E-state index in [4.69, 9.17) is 10.5 Å². The number of esters is 1. The Morgan fingerprint density at radius 2 is 2.11 bits per heavy atom. The highest BCUT2D eigenvalue weighted by molar-refractivity contribution is 5.70. The lowest BCUT2D eigenvalue weighted by atomic mass is 10.0. The van der Waals surface area contributed by atoms with E-state index in [-0.39, 0.29) is 24.5 Å². The van der Waals surface area contributed by atoms with Crippen LogP contribution in [0.15, 0.2) is 18.2 Å². The predicted molar refractivity (Wildman–Crippen MR) is 60.8 cm³/mol. The van der Waals surface area contributed by atoms with Crippen molar-refractivity contribution in [3.63, 3.8) is 0 Å². The van der Waals surface area contributed by atoms with Gasteiger partial charge < -0.3 is 19.9 Å². The average Bonchev–Trinajstić information content (AvgIpc) is 2.61. The predicted octanol–water partition coefficient (Wildman–Crippen LogP) is 1.96. The monoisotopic (exact) mass is 273 g/mol. The van der Waals surface area contributed by atoms with Crippen LogP contribution in [0.1, 0.15) is 24.9 Å². The molecule has 1 aromatic carbocycles. The number of benzene rings is 1. The number of rotatable bonds is 4. The lowest BCUT2D eigenvalue weighted by Gasteiger charge is -2.11. The quantitative estimate of drug-likeness (QED) is 0.849. The number of alkyl halides is 2. The first-order valence-corrected chi connectivity index (χ1v) is 5.72. The Labute approximate surface area is 108 Å². The van der Waals surface area contributed by atoms with E-state index >= 15 is 0 Å². The van der Waals surface area contributed by atoms with Crippen molar-refractivity contribution in [2.45, 2.75) is 25.7 Å². The smallest absolute Gasteiger partial charge is 0.466 e. The van der Waals surface area contributed by atoms with Crippen LogP contribution in [0.5, 0.6) is 11.5 Å². The molecule has 0 bridgehead atoms. The summed E-state index contributed by atoms with van der Waals surface area (Å²) in [5, 5.41) is 0. The van der Waals surface area contributed by atoms with Crippen molar-refractivity contribution >= 4 is 5.97 Å². The number of carbonyl (C=O) groups is 1. The minimum atomic E-state index is -3.66. The summed E-state index contributed by atoms with van der Waals surface area (Å²) in [6, 6.07) is 3.52. The van der Waals surface area contributed by atoms with Crippen LogP contribution in [0, 0.1) is 0 Å². The molecule has 1 aliphatic rings. The first-order chi connectivity index (χ1) is 8.91. The van der Waals surface area contributed by atoms with Gasteiger partial charge in [-0.25, -0.2) is 0 Å². The highest BCUT2D eigenvalue weighted by Gasteiger charge is 2.43. The van der Waals surface area contributed by atoms with Crippen LogP contribution in [0.25, 0.3) is 0 Å². The third-order valence-corrected chi connectivity index (χ3v) is 2.55. The van der Waals surface area contributed by atoms with Crippen molar-refractivity contribution in [1.82, 2.24) is 0 Å². The molecule has 0 amide bonds. The van der Waals surface area contributed by atoms with Crippen molar-refractivity contribution < 1.29 is 27.8 Å². The number of hydrogen-bond acceptors (Lipinski definition) is 5. The standard InChI is InChI=1S/C12H13F2NO4/c1-2-17-11(16)6-8(15)7-3-4-9-10(5-7)19-12(13,14)18-9/h3-5,8H,2,6,15H2,1H3/t8-/m1/s1. The molecule has 2 rings (SSSR count). The Morgan fingerprint density at radius 1 is 1.42 bits per heavy atom. The molecular formula is C12H13F2NO4. The normalized spacial score (nSPS) is 17.1. The summed E-state index contributed by atoms with van der Waals surface area (Å²) in [6.07, 6.45) is -3.70.